The Hall–Kier alpha value is -3.45. The normalized spacial score (nSPS) is 13.3. The number of carbonyl (C=O) groups excluding carboxylic acids is 2. The van der Waals surface area contributed by atoms with Crippen LogP contribution in [0.25, 0.3) is 11.1 Å². The highest BCUT2D eigenvalue weighted by atomic mass is 31.2. The van der Waals surface area contributed by atoms with Gasteiger partial charge in [0, 0.05) is 6.54 Å². The first-order chi connectivity index (χ1) is 17.4. The molecule has 3 aromatic carbocycles. The number of carbonyl (C=O) groups is 2. The molecule has 9 heteroatoms. The lowest BCUT2D eigenvalue weighted by atomic mass is 10.0. The predicted molar refractivity (Wildman–Crippen MR) is 139 cm³/mol. The van der Waals surface area contributed by atoms with E-state index >= 15 is 0 Å². The number of hydrogen-bond donors (Lipinski definition) is 3. The van der Waals surface area contributed by atoms with E-state index < -0.39 is 31.8 Å². The van der Waals surface area contributed by atoms with Gasteiger partial charge in [-0.2, -0.15) is 0 Å². The zero-order valence-corrected chi connectivity index (χ0v) is 21.0. The van der Waals surface area contributed by atoms with Crippen LogP contribution in [-0.4, -0.2) is 42.2 Å². The zero-order valence-electron chi connectivity index (χ0n) is 20.1. The second-order valence-corrected chi connectivity index (χ2v) is 9.84. The summed E-state index contributed by atoms with van der Waals surface area (Å²) in [4.78, 5) is 34.8. The zero-order chi connectivity index (χ0) is 25.8. The molecule has 3 rings (SSSR count). The van der Waals surface area contributed by atoms with Gasteiger partial charge in [0.2, 0.25) is 5.91 Å². The van der Waals surface area contributed by atoms with Gasteiger partial charge in [0.15, 0.2) is 0 Å². The van der Waals surface area contributed by atoms with E-state index in [2.05, 4.69) is 10.6 Å². The maximum atomic E-state index is 12.9. The number of para-hydroxylation sites is 1. The topological polar surface area (TPSA) is 114 Å². The third kappa shape index (κ3) is 8.96. The van der Waals surface area contributed by atoms with Crippen LogP contribution >= 0.6 is 7.60 Å². The summed E-state index contributed by atoms with van der Waals surface area (Å²) >= 11 is 0. The van der Waals surface area contributed by atoms with Crippen LogP contribution in [-0.2, 0) is 25.3 Å². The molecule has 0 spiro atoms. The molecule has 1 unspecified atom stereocenters. The molecule has 0 bridgehead atoms. The van der Waals surface area contributed by atoms with E-state index in [1.165, 1.54) is 0 Å². The first-order valence-corrected chi connectivity index (χ1v) is 13.5. The average Bonchev–Trinajstić information content (AvgIpc) is 2.88. The maximum absolute atomic E-state index is 12.9. The average molecular weight is 511 g/mol. The van der Waals surface area contributed by atoms with Crippen LogP contribution in [0.2, 0.25) is 0 Å². The number of amides is 1. The third-order valence-corrected chi connectivity index (χ3v) is 6.36. The fourth-order valence-corrected chi connectivity index (χ4v) is 4.47. The number of benzene rings is 3. The molecule has 3 N–H and O–H groups in total. The van der Waals surface area contributed by atoms with Crippen LogP contribution in [0.3, 0.4) is 0 Å². The molecule has 0 radical (unpaired) electrons. The monoisotopic (exact) mass is 510 g/mol. The minimum Gasteiger partial charge on any atom is -0.466 e. The van der Waals surface area contributed by atoms with Crippen molar-refractivity contribution in [1.29, 1.82) is 0 Å². The van der Waals surface area contributed by atoms with Crippen LogP contribution in [0.1, 0.15) is 18.9 Å². The van der Waals surface area contributed by atoms with Crippen molar-refractivity contribution in [2.75, 3.05) is 19.4 Å². The summed E-state index contributed by atoms with van der Waals surface area (Å²) in [5.74, 6) is -0.543. The van der Waals surface area contributed by atoms with Gasteiger partial charge in [-0.3, -0.25) is 14.9 Å². The van der Waals surface area contributed by atoms with E-state index in [-0.39, 0.29) is 31.7 Å². The van der Waals surface area contributed by atoms with Gasteiger partial charge in [-0.15, -0.1) is 0 Å². The van der Waals surface area contributed by atoms with Gasteiger partial charge >= 0.3 is 13.6 Å². The SMILES string of the molecule is CCOC(=O)CCNC(=O)[C@H](Cc1ccc(-c2ccccc2)cc1)NCP(=O)(O)Oc1ccccc1. The highest BCUT2D eigenvalue weighted by molar-refractivity contribution is 7.53. The summed E-state index contributed by atoms with van der Waals surface area (Å²) in [7, 11) is -4.08. The van der Waals surface area contributed by atoms with Crippen molar-refractivity contribution < 1.29 is 28.3 Å². The molecule has 3 aromatic rings. The van der Waals surface area contributed by atoms with Crippen molar-refractivity contribution in [2.45, 2.75) is 25.8 Å². The summed E-state index contributed by atoms with van der Waals surface area (Å²) in [6.07, 6.45) is -0.126. The smallest absolute Gasteiger partial charge is 0.390 e. The summed E-state index contributed by atoms with van der Waals surface area (Å²) in [5.41, 5.74) is 2.98. The Balaban J connectivity index is 1.66. The quantitative estimate of drug-likeness (QED) is 0.234. The lowest BCUT2D eigenvalue weighted by Gasteiger charge is -2.21. The van der Waals surface area contributed by atoms with Crippen molar-refractivity contribution in [3.63, 3.8) is 0 Å². The molecule has 1 amide bonds. The molecule has 8 nitrogen and oxygen atoms in total. The van der Waals surface area contributed by atoms with Crippen LogP contribution in [0, 0.1) is 0 Å². The fourth-order valence-electron chi connectivity index (χ4n) is 3.51. The first kappa shape index (κ1) is 27.1. The summed E-state index contributed by atoms with van der Waals surface area (Å²) in [6.45, 7) is 2.08. The summed E-state index contributed by atoms with van der Waals surface area (Å²) in [6, 6.07) is 25.2. The third-order valence-electron chi connectivity index (χ3n) is 5.28. The Morgan fingerprint density at radius 3 is 2.17 bits per heavy atom. The van der Waals surface area contributed by atoms with E-state index in [9.17, 15) is 19.0 Å². The second-order valence-electron chi connectivity index (χ2n) is 8.07. The van der Waals surface area contributed by atoms with Gasteiger partial charge in [0.05, 0.1) is 19.1 Å². The Kier molecular flexibility index (Phi) is 10.2. The molecule has 0 aliphatic heterocycles. The van der Waals surface area contributed by atoms with Crippen molar-refractivity contribution in [2.24, 2.45) is 0 Å². The van der Waals surface area contributed by atoms with Gasteiger partial charge in [-0.1, -0.05) is 72.8 Å². The Labute approximate surface area is 211 Å². The summed E-state index contributed by atoms with van der Waals surface area (Å²) < 4.78 is 22.7. The maximum Gasteiger partial charge on any atom is 0.390 e. The number of ether oxygens (including phenoxy) is 1. The molecule has 0 saturated carbocycles. The summed E-state index contributed by atoms with van der Waals surface area (Å²) in [5, 5.41) is 5.57. The lowest BCUT2D eigenvalue weighted by Crippen LogP contribution is -2.46. The van der Waals surface area contributed by atoms with Crippen molar-refractivity contribution >= 4 is 19.5 Å². The van der Waals surface area contributed by atoms with E-state index in [0.29, 0.717) is 0 Å². The fraction of sp³-hybridized carbons (Fsp3) is 0.259. The van der Waals surface area contributed by atoms with Crippen LogP contribution in [0.4, 0.5) is 0 Å². The molecule has 36 heavy (non-hydrogen) atoms. The van der Waals surface area contributed by atoms with Gasteiger partial charge in [-0.05, 0) is 42.2 Å². The number of esters is 1. The van der Waals surface area contributed by atoms with Gasteiger partial charge in [0.1, 0.15) is 12.0 Å². The van der Waals surface area contributed by atoms with Crippen molar-refractivity contribution in [1.82, 2.24) is 10.6 Å². The lowest BCUT2D eigenvalue weighted by molar-refractivity contribution is -0.143. The van der Waals surface area contributed by atoms with E-state index in [1.807, 2.05) is 54.6 Å². The van der Waals surface area contributed by atoms with Crippen molar-refractivity contribution in [3.05, 3.63) is 90.5 Å². The number of nitrogens with one attached hydrogen (secondary N) is 2. The van der Waals surface area contributed by atoms with Gasteiger partial charge < -0.3 is 19.5 Å². The number of rotatable bonds is 13. The molecule has 0 aromatic heterocycles. The first-order valence-electron chi connectivity index (χ1n) is 11.7. The molecule has 2 atom stereocenters. The Morgan fingerprint density at radius 1 is 0.917 bits per heavy atom. The van der Waals surface area contributed by atoms with Crippen LogP contribution in [0.5, 0.6) is 5.75 Å². The molecule has 0 fully saturated rings. The minimum absolute atomic E-state index is 0.0354. The van der Waals surface area contributed by atoms with Crippen LogP contribution < -0.4 is 15.2 Å². The highest BCUT2D eigenvalue weighted by Gasteiger charge is 2.26. The Morgan fingerprint density at radius 2 is 1.53 bits per heavy atom. The predicted octanol–water partition coefficient (Wildman–Crippen LogP) is 4.15. The molecular weight excluding hydrogens is 479 g/mol. The van der Waals surface area contributed by atoms with E-state index in [0.717, 1.165) is 16.7 Å². The van der Waals surface area contributed by atoms with E-state index in [1.54, 1.807) is 37.3 Å². The molecule has 190 valence electrons. The molecule has 0 heterocycles. The largest absolute Gasteiger partial charge is 0.466 e. The van der Waals surface area contributed by atoms with Gasteiger partial charge in [0.25, 0.3) is 0 Å². The van der Waals surface area contributed by atoms with Crippen LogP contribution in [0.15, 0.2) is 84.9 Å². The highest BCUT2D eigenvalue weighted by Crippen LogP contribution is 2.41. The molecule has 0 saturated heterocycles. The minimum atomic E-state index is -4.08. The molecule has 0 aliphatic rings. The molecule has 0 aliphatic carbocycles. The number of hydrogen-bond acceptors (Lipinski definition) is 6. The van der Waals surface area contributed by atoms with E-state index in [4.69, 9.17) is 9.26 Å². The van der Waals surface area contributed by atoms with Crippen molar-refractivity contribution in [3.8, 4) is 16.9 Å². The second kappa shape index (κ2) is 13.6. The van der Waals surface area contributed by atoms with Gasteiger partial charge in [-0.25, -0.2) is 4.57 Å². The standard InChI is InChI=1S/C27H31N2O6P/c1-2-34-26(30)17-18-28-27(31)25(29-20-36(32,33)35-24-11-7-4-8-12-24)19-21-13-15-23(16-14-21)22-9-5-3-6-10-22/h3-16,25,29H,2,17-20H2,1H3,(H,28,31)(H,32,33)/t25-/m0/s1. The Bertz CT molecular complexity index is 1160. The molecular formula is C27H31N2O6P.